The van der Waals surface area contributed by atoms with Gasteiger partial charge in [-0.15, -0.1) is 0 Å². The third kappa shape index (κ3) is 1.81. The Kier molecular flexibility index (Phi) is 3.01. The van der Waals surface area contributed by atoms with Crippen molar-refractivity contribution in [3.63, 3.8) is 0 Å². The summed E-state index contributed by atoms with van der Waals surface area (Å²) in [5, 5.41) is 18.7. The lowest BCUT2D eigenvalue weighted by atomic mass is 10.0. The molecule has 0 aliphatic carbocycles. The molecule has 0 spiro atoms. The Morgan fingerprint density at radius 1 is 1.00 bits per heavy atom. The predicted molar refractivity (Wildman–Crippen MR) is 82.3 cm³/mol. The first kappa shape index (κ1) is 13.0. The van der Waals surface area contributed by atoms with Gasteiger partial charge in [0, 0.05) is 12.7 Å². The highest BCUT2D eigenvalue weighted by molar-refractivity contribution is 5.89. The SMILES string of the molecule is C[C@H]1N(C)c2ccc(C#N)c(C#N)c2N1c1ccccc1. The molecule has 0 aromatic heterocycles. The summed E-state index contributed by atoms with van der Waals surface area (Å²) in [6, 6.07) is 17.9. The number of para-hydroxylation sites is 1. The van der Waals surface area contributed by atoms with Crippen molar-refractivity contribution in [1.82, 2.24) is 0 Å². The van der Waals surface area contributed by atoms with Gasteiger partial charge in [-0.25, -0.2) is 0 Å². The molecule has 0 saturated heterocycles. The number of hydrogen-bond donors (Lipinski definition) is 0. The van der Waals surface area contributed by atoms with E-state index in [1.54, 1.807) is 6.07 Å². The van der Waals surface area contributed by atoms with Crippen LogP contribution in [0.2, 0.25) is 0 Å². The Morgan fingerprint density at radius 3 is 2.33 bits per heavy atom. The van der Waals surface area contributed by atoms with Crippen LogP contribution in [0.5, 0.6) is 0 Å². The molecule has 102 valence electrons. The third-order valence-corrected chi connectivity index (χ3v) is 3.98. The summed E-state index contributed by atoms with van der Waals surface area (Å²) < 4.78 is 0. The lowest BCUT2D eigenvalue weighted by molar-refractivity contribution is 0.734. The molecule has 2 aromatic carbocycles. The van der Waals surface area contributed by atoms with Gasteiger partial charge in [-0.05, 0) is 31.2 Å². The van der Waals surface area contributed by atoms with Gasteiger partial charge in [-0.3, -0.25) is 0 Å². The Morgan fingerprint density at radius 2 is 1.71 bits per heavy atom. The number of nitriles is 2. The van der Waals surface area contributed by atoms with E-state index in [9.17, 15) is 10.5 Å². The second-order valence-corrected chi connectivity index (χ2v) is 5.03. The van der Waals surface area contributed by atoms with Gasteiger partial charge in [0.15, 0.2) is 0 Å². The molecule has 4 heteroatoms. The predicted octanol–water partition coefficient (Wildman–Crippen LogP) is 3.36. The van der Waals surface area contributed by atoms with Crippen molar-refractivity contribution in [3.05, 3.63) is 53.6 Å². The maximum Gasteiger partial charge on any atom is 0.103 e. The van der Waals surface area contributed by atoms with Crippen molar-refractivity contribution >= 4 is 17.1 Å². The van der Waals surface area contributed by atoms with Crippen LogP contribution in [0.4, 0.5) is 17.1 Å². The summed E-state index contributed by atoms with van der Waals surface area (Å²) in [5.41, 5.74) is 3.66. The van der Waals surface area contributed by atoms with Gasteiger partial charge < -0.3 is 9.80 Å². The number of nitrogens with zero attached hydrogens (tertiary/aromatic N) is 4. The van der Waals surface area contributed by atoms with Crippen LogP contribution in [0.1, 0.15) is 18.1 Å². The van der Waals surface area contributed by atoms with E-state index in [1.165, 1.54) is 0 Å². The topological polar surface area (TPSA) is 54.1 Å². The lowest BCUT2D eigenvalue weighted by Crippen LogP contribution is -2.35. The first-order valence-corrected chi connectivity index (χ1v) is 6.73. The van der Waals surface area contributed by atoms with Gasteiger partial charge in [0.2, 0.25) is 0 Å². The molecule has 0 amide bonds. The first-order valence-electron chi connectivity index (χ1n) is 6.73. The van der Waals surface area contributed by atoms with Crippen molar-refractivity contribution < 1.29 is 0 Å². The summed E-state index contributed by atoms with van der Waals surface area (Å²) in [4.78, 5) is 4.22. The van der Waals surface area contributed by atoms with Crippen molar-refractivity contribution in [2.45, 2.75) is 13.1 Å². The molecule has 1 aliphatic heterocycles. The molecular formula is C17H14N4. The Balaban J connectivity index is 2.29. The zero-order chi connectivity index (χ0) is 15.0. The average Bonchev–Trinajstić information content (AvgIpc) is 2.79. The molecule has 1 aliphatic rings. The minimum Gasteiger partial charge on any atom is -0.352 e. The van der Waals surface area contributed by atoms with Crippen LogP contribution in [0.3, 0.4) is 0 Å². The van der Waals surface area contributed by atoms with E-state index in [0.717, 1.165) is 17.1 Å². The van der Waals surface area contributed by atoms with E-state index >= 15 is 0 Å². The molecule has 3 rings (SSSR count). The molecule has 21 heavy (non-hydrogen) atoms. The number of anilines is 3. The normalized spacial score (nSPS) is 16.3. The molecule has 2 aromatic rings. The van der Waals surface area contributed by atoms with Crippen LogP contribution in [0, 0.1) is 22.7 Å². The molecular weight excluding hydrogens is 260 g/mol. The van der Waals surface area contributed by atoms with Crippen molar-refractivity contribution in [1.29, 1.82) is 10.5 Å². The van der Waals surface area contributed by atoms with Crippen LogP contribution in [-0.4, -0.2) is 13.2 Å². The monoisotopic (exact) mass is 274 g/mol. The maximum absolute atomic E-state index is 9.50. The fourth-order valence-electron chi connectivity index (χ4n) is 2.81. The smallest absolute Gasteiger partial charge is 0.103 e. The van der Waals surface area contributed by atoms with Crippen LogP contribution < -0.4 is 9.80 Å². The first-order chi connectivity index (χ1) is 10.2. The largest absolute Gasteiger partial charge is 0.352 e. The van der Waals surface area contributed by atoms with Crippen LogP contribution in [-0.2, 0) is 0 Å². The Hall–Kier alpha value is -2.98. The van der Waals surface area contributed by atoms with Crippen LogP contribution in [0.15, 0.2) is 42.5 Å². The van der Waals surface area contributed by atoms with E-state index in [2.05, 4.69) is 28.9 Å². The van der Waals surface area contributed by atoms with Gasteiger partial charge >= 0.3 is 0 Å². The average molecular weight is 274 g/mol. The molecule has 0 saturated carbocycles. The summed E-state index contributed by atoms with van der Waals surface area (Å²) in [6.07, 6.45) is 0.0865. The lowest BCUT2D eigenvalue weighted by Gasteiger charge is -2.27. The Bertz CT molecular complexity index is 768. The highest BCUT2D eigenvalue weighted by atomic mass is 15.4. The second-order valence-electron chi connectivity index (χ2n) is 5.03. The van der Waals surface area contributed by atoms with E-state index < -0.39 is 0 Å². The van der Waals surface area contributed by atoms with Crippen molar-refractivity contribution in [2.75, 3.05) is 16.8 Å². The Labute approximate surface area is 124 Å². The maximum atomic E-state index is 9.50. The van der Waals surface area contributed by atoms with Crippen molar-refractivity contribution in [3.8, 4) is 12.1 Å². The second kappa shape index (κ2) is 4.85. The number of hydrogen-bond acceptors (Lipinski definition) is 4. The molecule has 4 nitrogen and oxygen atoms in total. The molecule has 1 heterocycles. The van der Waals surface area contributed by atoms with E-state index in [-0.39, 0.29) is 6.17 Å². The highest BCUT2D eigenvalue weighted by Gasteiger charge is 2.34. The van der Waals surface area contributed by atoms with E-state index in [0.29, 0.717) is 11.1 Å². The highest BCUT2D eigenvalue weighted by Crippen LogP contribution is 2.46. The van der Waals surface area contributed by atoms with Crippen LogP contribution in [0.25, 0.3) is 0 Å². The zero-order valence-electron chi connectivity index (χ0n) is 11.9. The minimum absolute atomic E-state index is 0.0865. The standard InChI is InChI=1S/C17H14N4/c1-12-20(2)16-9-8-13(10-18)15(11-19)17(16)21(12)14-6-4-3-5-7-14/h3-9,12H,1-2H3/t12-/m0/s1. The molecule has 0 fully saturated rings. The molecule has 0 unspecified atom stereocenters. The van der Waals surface area contributed by atoms with Gasteiger partial charge in [0.05, 0.1) is 22.5 Å². The third-order valence-electron chi connectivity index (χ3n) is 3.98. The zero-order valence-corrected chi connectivity index (χ0v) is 11.9. The summed E-state index contributed by atoms with van der Waals surface area (Å²) in [7, 11) is 2.00. The van der Waals surface area contributed by atoms with Crippen molar-refractivity contribution in [2.24, 2.45) is 0 Å². The quantitative estimate of drug-likeness (QED) is 0.800. The summed E-state index contributed by atoms with van der Waals surface area (Å²) in [5.74, 6) is 0. The summed E-state index contributed by atoms with van der Waals surface area (Å²) >= 11 is 0. The molecule has 0 bridgehead atoms. The summed E-state index contributed by atoms with van der Waals surface area (Å²) in [6.45, 7) is 2.08. The van der Waals surface area contributed by atoms with Gasteiger partial charge in [-0.1, -0.05) is 18.2 Å². The van der Waals surface area contributed by atoms with Gasteiger partial charge in [-0.2, -0.15) is 10.5 Å². The van der Waals surface area contributed by atoms with Gasteiger partial charge in [0.1, 0.15) is 18.3 Å². The van der Waals surface area contributed by atoms with Gasteiger partial charge in [0.25, 0.3) is 0 Å². The van der Waals surface area contributed by atoms with Crippen LogP contribution >= 0.6 is 0 Å². The number of fused-ring (bicyclic) bond motifs is 1. The number of rotatable bonds is 1. The fraction of sp³-hybridized carbons (Fsp3) is 0.176. The number of benzene rings is 2. The fourth-order valence-corrected chi connectivity index (χ4v) is 2.81. The van der Waals surface area contributed by atoms with E-state index in [1.807, 2.05) is 43.4 Å². The molecule has 1 atom stereocenters. The van der Waals surface area contributed by atoms with E-state index in [4.69, 9.17) is 0 Å². The molecule has 0 N–H and O–H groups in total. The minimum atomic E-state index is 0.0865. The molecule has 0 radical (unpaired) electrons.